The second kappa shape index (κ2) is 7.23. The second-order valence-corrected chi connectivity index (χ2v) is 6.84. The second-order valence-electron chi connectivity index (χ2n) is 5.89. The van der Waals surface area contributed by atoms with Gasteiger partial charge in [0.15, 0.2) is 0 Å². The average Bonchev–Trinajstić information content (AvgIpc) is 3.33. The highest BCUT2D eigenvalue weighted by Crippen LogP contribution is 2.26. The van der Waals surface area contributed by atoms with Crippen molar-refractivity contribution in [3.05, 3.63) is 46.3 Å². The molecule has 0 aromatic carbocycles. The number of thiophene rings is 1. The van der Waals surface area contributed by atoms with Crippen molar-refractivity contribution in [3.8, 4) is 10.6 Å². The summed E-state index contributed by atoms with van der Waals surface area (Å²) in [6.07, 6.45) is 0.773. The molecule has 0 saturated carbocycles. The minimum Gasteiger partial charge on any atom is -0.350 e. The lowest BCUT2D eigenvalue weighted by molar-refractivity contribution is 0.0898. The molecule has 0 aliphatic rings. The smallest absolute Gasteiger partial charge is 0.290 e. The first kappa shape index (κ1) is 17.4. The first-order chi connectivity index (χ1) is 12.0. The lowest BCUT2D eigenvalue weighted by Crippen LogP contribution is -2.28. The molecule has 1 amide bonds. The molecule has 7 heteroatoms. The molecule has 1 N–H and O–H groups in total. The van der Waals surface area contributed by atoms with Crippen LogP contribution in [0.15, 0.2) is 28.1 Å². The van der Waals surface area contributed by atoms with Crippen molar-refractivity contribution in [1.82, 2.24) is 20.3 Å². The monoisotopic (exact) mass is 358 g/mol. The van der Waals surface area contributed by atoms with Gasteiger partial charge in [-0.1, -0.05) is 18.1 Å². The minimum atomic E-state index is -0.259. The minimum absolute atomic E-state index is 0.108. The summed E-state index contributed by atoms with van der Waals surface area (Å²) >= 11 is 1.56. The number of aryl methyl sites for hydroxylation is 2. The molecule has 25 heavy (non-hydrogen) atoms. The van der Waals surface area contributed by atoms with Crippen LogP contribution in [0.1, 0.15) is 53.8 Å². The Hall–Kier alpha value is -2.41. The van der Waals surface area contributed by atoms with Gasteiger partial charge in [0.2, 0.25) is 5.76 Å². The number of nitrogens with zero attached hydrogens (tertiary/aromatic N) is 3. The lowest BCUT2D eigenvalue weighted by atomic mass is 10.0. The van der Waals surface area contributed by atoms with Crippen LogP contribution in [0.2, 0.25) is 0 Å². The van der Waals surface area contributed by atoms with Crippen LogP contribution in [0.4, 0.5) is 0 Å². The van der Waals surface area contributed by atoms with E-state index >= 15 is 0 Å². The van der Waals surface area contributed by atoms with E-state index in [4.69, 9.17) is 4.52 Å². The van der Waals surface area contributed by atoms with Gasteiger partial charge in [-0.15, -0.1) is 11.3 Å². The van der Waals surface area contributed by atoms with Crippen molar-refractivity contribution in [1.29, 1.82) is 0 Å². The summed E-state index contributed by atoms with van der Waals surface area (Å²) in [6.45, 7) is 8.93. The number of carbonyl (C=O) groups is 1. The third-order valence-corrected chi connectivity index (χ3v) is 5.20. The third-order valence-electron chi connectivity index (χ3n) is 4.31. The molecule has 3 aromatic rings. The van der Waals surface area contributed by atoms with Crippen LogP contribution in [-0.4, -0.2) is 20.8 Å². The summed E-state index contributed by atoms with van der Waals surface area (Å²) in [6, 6.07) is 5.47. The summed E-state index contributed by atoms with van der Waals surface area (Å²) < 4.78 is 7.20. The van der Waals surface area contributed by atoms with Crippen molar-refractivity contribution in [2.75, 3.05) is 0 Å². The highest BCUT2D eigenvalue weighted by molar-refractivity contribution is 7.13. The van der Waals surface area contributed by atoms with Gasteiger partial charge in [0.25, 0.3) is 5.91 Å². The molecule has 0 aliphatic carbocycles. The van der Waals surface area contributed by atoms with Crippen molar-refractivity contribution in [2.45, 2.75) is 46.7 Å². The van der Waals surface area contributed by atoms with E-state index in [-0.39, 0.29) is 17.7 Å². The number of amides is 1. The van der Waals surface area contributed by atoms with E-state index in [1.54, 1.807) is 17.4 Å². The Bertz CT molecular complexity index is 864. The Kier molecular flexibility index (Phi) is 5.03. The topological polar surface area (TPSA) is 73.0 Å². The molecule has 0 saturated heterocycles. The Balaban J connectivity index is 1.80. The van der Waals surface area contributed by atoms with Gasteiger partial charge in [0.1, 0.15) is 5.69 Å². The number of aromatic nitrogens is 3. The van der Waals surface area contributed by atoms with E-state index in [1.807, 2.05) is 43.0 Å². The van der Waals surface area contributed by atoms with Gasteiger partial charge in [-0.25, -0.2) is 0 Å². The molecular formula is C18H22N4O2S. The van der Waals surface area contributed by atoms with Crippen molar-refractivity contribution < 1.29 is 9.32 Å². The molecule has 0 aliphatic heterocycles. The van der Waals surface area contributed by atoms with Crippen LogP contribution in [0.5, 0.6) is 0 Å². The number of hydrogen-bond donors (Lipinski definition) is 1. The molecule has 0 spiro atoms. The van der Waals surface area contributed by atoms with Crippen LogP contribution in [0.3, 0.4) is 0 Å². The van der Waals surface area contributed by atoms with Crippen LogP contribution in [0, 0.1) is 13.8 Å². The van der Waals surface area contributed by atoms with Crippen LogP contribution >= 0.6 is 11.3 Å². The normalized spacial score (nSPS) is 12.3. The first-order valence-corrected chi connectivity index (χ1v) is 9.28. The van der Waals surface area contributed by atoms with E-state index in [9.17, 15) is 4.79 Å². The number of nitrogens with one attached hydrogen (secondary N) is 1. The number of carbonyl (C=O) groups excluding carboxylic acids is 1. The molecule has 3 heterocycles. The van der Waals surface area contributed by atoms with Gasteiger partial charge in [-0.05, 0) is 38.6 Å². The van der Waals surface area contributed by atoms with Crippen LogP contribution in [0.25, 0.3) is 10.6 Å². The standard InChI is InChI=1S/C18H22N4O2S/c1-5-13(17-11(3)20-22(6-2)12(17)4)19-18(23)15-10-14(21-24-15)16-8-7-9-25-16/h7-10,13H,5-6H2,1-4H3,(H,19,23). The van der Waals surface area contributed by atoms with Crippen molar-refractivity contribution >= 4 is 17.2 Å². The van der Waals surface area contributed by atoms with Gasteiger partial charge in [0, 0.05) is 23.9 Å². The average molecular weight is 358 g/mol. The zero-order valence-corrected chi connectivity index (χ0v) is 15.7. The lowest BCUT2D eigenvalue weighted by Gasteiger charge is -2.17. The fourth-order valence-electron chi connectivity index (χ4n) is 3.05. The van der Waals surface area contributed by atoms with E-state index in [1.165, 1.54) is 0 Å². The molecule has 132 valence electrons. The maximum absolute atomic E-state index is 12.6. The van der Waals surface area contributed by atoms with E-state index in [2.05, 4.69) is 22.5 Å². The predicted molar refractivity (Wildman–Crippen MR) is 97.7 cm³/mol. The fraction of sp³-hybridized carbons (Fsp3) is 0.389. The highest BCUT2D eigenvalue weighted by atomic mass is 32.1. The summed E-state index contributed by atoms with van der Waals surface area (Å²) in [7, 11) is 0. The molecule has 0 fully saturated rings. The third kappa shape index (κ3) is 3.37. The summed E-state index contributed by atoms with van der Waals surface area (Å²) in [5, 5.41) is 13.6. The highest BCUT2D eigenvalue weighted by Gasteiger charge is 2.23. The zero-order chi connectivity index (χ0) is 18.0. The van der Waals surface area contributed by atoms with Gasteiger partial charge < -0.3 is 9.84 Å². The van der Waals surface area contributed by atoms with E-state index < -0.39 is 0 Å². The SMILES string of the molecule is CCC(NC(=O)c1cc(-c2cccs2)no1)c1c(C)nn(CC)c1C. The maximum atomic E-state index is 12.6. The number of rotatable bonds is 6. The predicted octanol–water partition coefficient (Wildman–Crippen LogP) is 4.12. The Morgan fingerprint density at radius 3 is 2.80 bits per heavy atom. The van der Waals surface area contributed by atoms with E-state index in [0.29, 0.717) is 5.69 Å². The largest absolute Gasteiger partial charge is 0.350 e. The fourth-order valence-corrected chi connectivity index (χ4v) is 3.73. The Morgan fingerprint density at radius 2 is 2.20 bits per heavy atom. The molecule has 1 atom stereocenters. The summed E-state index contributed by atoms with van der Waals surface area (Å²) in [5.74, 6) is -0.0368. The molecular weight excluding hydrogens is 336 g/mol. The van der Waals surface area contributed by atoms with Gasteiger partial charge in [-0.3, -0.25) is 9.48 Å². The molecule has 1 unspecified atom stereocenters. The van der Waals surface area contributed by atoms with Crippen molar-refractivity contribution in [3.63, 3.8) is 0 Å². The van der Waals surface area contributed by atoms with Crippen molar-refractivity contribution in [2.24, 2.45) is 0 Å². The van der Waals surface area contributed by atoms with Gasteiger partial charge in [0.05, 0.1) is 16.6 Å². The summed E-state index contributed by atoms with van der Waals surface area (Å²) in [5.41, 5.74) is 3.79. The molecule has 0 bridgehead atoms. The van der Waals surface area contributed by atoms with Gasteiger partial charge >= 0.3 is 0 Å². The molecule has 3 aromatic heterocycles. The Labute approximate surface area is 150 Å². The van der Waals surface area contributed by atoms with Crippen LogP contribution < -0.4 is 5.32 Å². The Morgan fingerprint density at radius 1 is 1.40 bits per heavy atom. The van der Waals surface area contributed by atoms with E-state index in [0.717, 1.165) is 34.8 Å². The van der Waals surface area contributed by atoms with Crippen LogP contribution in [-0.2, 0) is 6.54 Å². The number of hydrogen-bond acceptors (Lipinski definition) is 5. The molecule has 6 nitrogen and oxygen atoms in total. The molecule has 0 radical (unpaired) electrons. The molecule has 3 rings (SSSR count). The first-order valence-electron chi connectivity index (χ1n) is 8.40. The van der Waals surface area contributed by atoms with Gasteiger partial charge in [-0.2, -0.15) is 5.10 Å². The maximum Gasteiger partial charge on any atom is 0.290 e. The quantitative estimate of drug-likeness (QED) is 0.719. The summed E-state index contributed by atoms with van der Waals surface area (Å²) in [4.78, 5) is 13.6. The zero-order valence-electron chi connectivity index (χ0n) is 14.9.